The average molecular weight is 444 g/mol. The fraction of sp³-hybridized carbons (Fsp3) is 0.280. The van der Waals surface area contributed by atoms with Crippen molar-refractivity contribution < 1.29 is 17.6 Å². The molecule has 0 aliphatic rings. The third-order valence-electron chi connectivity index (χ3n) is 5.65. The summed E-state index contributed by atoms with van der Waals surface area (Å²) in [6.07, 6.45) is 0. The van der Waals surface area contributed by atoms with Crippen molar-refractivity contribution >= 4 is 18.7 Å². The predicted molar refractivity (Wildman–Crippen MR) is 121 cm³/mol. The number of halogens is 3. The smallest absolute Gasteiger partial charge is 0.261 e. The third-order valence-corrected chi connectivity index (χ3v) is 10.6. The van der Waals surface area contributed by atoms with E-state index >= 15 is 0 Å². The fourth-order valence-electron chi connectivity index (χ4n) is 3.99. The Morgan fingerprint density at radius 1 is 0.774 bits per heavy atom. The lowest BCUT2D eigenvalue weighted by atomic mass is 9.94. The van der Waals surface area contributed by atoms with E-state index in [0.29, 0.717) is 0 Å². The number of nitrogens with two attached hydrogens (primary N) is 1. The normalized spacial score (nSPS) is 14.3. The molecule has 2 N–H and O–H groups in total. The van der Waals surface area contributed by atoms with Crippen LogP contribution in [0.4, 0.5) is 13.2 Å². The van der Waals surface area contributed by atoms with E-state index < -0.39 is 31.3 Å². The van der Waals surface area contributed by atoms with E-state index in [1.54, 1.807) is 6.92 Å². The molecule has 164 valence electrons. The highest BCUT2D eigenvalue weighted by atomic mass is 28.4. The molecule has 0 unspecified atom stereocenters. The molecular formula is C25H28F3NOSi. The second-order valence-electron chi connectivity index (χ2n) is 9.12. The molecule has 0 aromatic heterocycles. The van der Waals surface area contributed by atoms with Gasteiger partial charge in [-0.25, -0.2) is 13.2 Å². The van der Waals surface area contributed by atoms with Crippen molar-refractivity contribution in [3.8, 4) is 0 Å². The zero-order valence-corrected chi connectivity index (χ0v) is 19.3. The minimum Gasteiger partial charge on any atom is -0.405 e. The maximum absolute atomic E-state index is 13.9. The standard InChI is InChI=1S/C25H28F3NOSi/c1-24(2,3)31(19-11-7-5-8-12-19,20-13-9-6-10-14-20)30-17-25(4,29)18-15-21(26)23(28)22(27)16-18/h5-16H,17,29H2,1-4H3/t25-/m0/s1. The van der Waals surface area contributed by atoms with Crippen LogP contribution < -0.4 is 16.1 Å². The van der Waals surface area contributed by atoms with Gasteiger partial charge in [-0.1, -0.05) is 81.4 Å². The fourth-order valence-corrected chi connectivity index (χ4v) is 8.66. The van der Waals surface area contributed by atoms with Gasteiger partial charge in [0.25, 0.3) is 8.32 Å². The van der Waals surface area contributed by atoms with Crippen molar-refractivity contribution in [2.75, 3.05) is 6.61 Å². The number of rotatable bonds is 6. The first-order chi connectivity index (χ1) is 14.5. The lowest BCUT2D eigenvalue weighted by Crippen LogP contribution is -2.67. The van der Waals surface area contributed by atoms with E-state index in [0.717, 1.165) is 22.5 Å². The average Bonchev–Trinajstić information content (AvgIpc) is 2.72. The molecule has 0 spiro atoms. The van der Waals surface area contributed by atoms with Crippen LogP contribution in [0.3, 0.4) is 0 Å². The first kappa shape index (κ1) is 23.3. The van der Waals surface area contributed by atoms with Crippen molar-refractivity contribution in [2.24, 2.45) is 5.73 Å². The van der Waals surface area contributed by atoms with Gasteiger partial charge in [-0.15, -0.1) is 0 Å². The molecule has 0 bridgehead atoms. The third kappa shape index (κ3) is 4.47. The summed E-state index contributed by atoms with van der Waals surface area (Å²) < 4.78 is 48.0. The molecule has 3 aromatic rings. The molecule has 0 heterocycles. The summed E-state index contributed by atoms with van der Waals surface area (Å²) in [6.45, 7) is 8.03. The highest BCUT2D eigenvalue weighted by molar-refractivity contribution is 6.99. The highest BCUT2D eigenvalue weighted by Gasteiger charge is 2.51. The van der Waals surface area contributed by atoms with E-state index in [1.807, 2.05) is 36.4 Å². The second kappa shape index (κ2) is 8.61. The Hall–Kier alpha value is -2.41. The van der Waals surface area contributed by atoms with E-state index in [9.17, 15) is 13.2 Å². The predicted octanol–water partition coefficient (Wildman–Crippen LogP) is 4.85. The Morgan fingerprint density at radius 3 is 1.58 bits per heavy atom. The Kier molecular flexibility index (Phi) is 6.46. The lowest BCUT2D eigenvalue weighted by molar-refractivity contribution is 0.218. The molecule has 31 heavy (non-hydrogen) atoms. The Bertz CT molecular complexity index is 971. The minimum atomic E-state index is -2.87. The Balaban J connectivity index is 2.10. The van der Waals surface area contributed by atoms with Gasteiger partial charge in [-0.05, 0) is 40.0 Å². The minimum absolute atomic E-state index is 0.00476. The van der Waals surface area contributed by atoms with E-state index in [2.05, 4.69) is 45.0 Å². The van der Waals surface area contributed by atoms with Gasteiger partial charge < -0.3 is 10.2 Å². The summed E-state index contributed by atoms with van der Waals surface area (Å²) in [5.41, 5.74) is 5.38. The van der Waals surface area contributed by atoms with Gasteiger partial charge in [-0.3, -0.25) is 0 Å². The van der Waals surface area contributed by atoms with Crippen molar-refractivity contribution in [1.29, 1.82) is 0 Å². The van der Waals surface area contributed by atoms with Crippen LogP contribution in [0, 0.1) is 17.5 Å². The maximum atomic E-state index is 13.9. The van der Waals surface area contributed by atoms with Gasteiger partial charge in [0, 0.05) is 0 Å². The monoisotopic (exact) mass is 443 g/mol. The Labute approximate surface area is 183 Å². The van der Waals surface area contributed by atoms with Gasteiger partial charge >= 0.3 is 0 Å². The van der Waals surface area contributed by atoms with Crippen molar-refractivity contribution in [3.05, 3.63) is 95.8 Å². The van der Waals surface area contributed by atoms with E-state index in [-0.39, 0.29) is 17.2 Å². The zero-order valence-electron chi connectivity index (χ0n) is 18.3. The van der Waals surface area contributed by atoms with E-state index in [4.69, 9.17) is 10.2 Å². The molecule has 0 aliphatic heterocycles. The van der Waals surface area contributed by atoms with Crippen molar-refractivity contribution in [1.82, 2.24) is 0 Å². The lowest BCUT2D eigenvalue weighted by Gasteiger charge is -2.44. The van der Waals surface area contributed by atoms with E-state index in [1.165, 1.54) is 0 Å². The summed E-state index contributed by atoms with van der Waals surface area (Å²) in [5, 5.41) is 1.87. The second-order valence-corrected chi connectivity index (χ2v) is 13.4. The largest absolute Gasteiger partial charge is 0.405 e. The van der Waals surface area contributed by atoms with Crippen LogP contribution in [0.15, 0.2) is 72.8 Å². The molecule has 0 radical (unpaired) electrons. The number of hydrogen-bond donors (Lipinski definition) is 1. The SMILES string of the molecule is CC(C)(C)[Si](OC[C@](C)(N)c1cc(F)c(F)c(F)c1)(c1ccccc1)c1ccccc1. The molecule has 3 aromatic carbocycles. The molecule has 6 heteroatoms. The van der Waals surface area contributed by atoms with Crippen LogP contribution >= 0.6 is 0 Å². The van der Waals surface area contributed by atoms with Gasteiger partial charge in [0.1, 0.15) is 0 Å². The highest BCUT2D eigenvalue weighted by Crippen LogP contribution is 2.37. The van der Waals surface area contributed by atoms with Crippen LogP contribution in [0.2, 0.25) is 5.04 Å². The van der Waals surface area contributed by atoms with Gasteiger partial charge in [0.2, 0.25) is 0 Å². The summed E-state index contributed by atoms with van der Waals surface area (Å²) in [4.78, 5) is 0. The van der Waals surface area contributed by atoms with Gasteiger partial charge in [-0.2, -0.15) is 0 Å². The zero-order chi connectivity index (χ0) is 22.9. The van der Waals surface area contributed by atoms with Gasteiger partial charge in [0.15, 0.2) is 17.5 Å². The number of benzene rings is 3. The van der Waals surface area contributed by atoms with Crippen LogP contribution in [0.25, 0.3) is 0 Å². The molecule has 0 saturated heterocycles. The van der Waals surface area contributed by atoms with Crippen LogP contribution in [0.5, 0.6) is 0 Å². The molecule has 0 aliphatic carbocycles. The van der Waals surface area contributed by atoms with Crippen molar-refractivity contribution in [3.63, 3.8) is 0 Å². The van der Waals surface area contributed by atoms with Crippen LogP contribution in [-0.2, 0) is 9.96 Å². The molecule has 1 atom stereocenters. The summed E-state index contributed by atoms with van der Waals surface area (Å²) in [7, 11) is -2.87. The first-order valence-electron chi connectivity index (χ1n) is 10.2. The maximum Gasteiger partial charge on any atom is 0.261 e. The quantitative estimate of drug-likeness (QED) is 0.436. The van der Waals surface area contributed by atoms with Crippen molar-refractivity contribution in [2.45, 2.75) is 38.3 Å². The molecule has 0 saturated carbocycles. The number of hydrogen-bond acceptors (Lipinski definition) is 2. The summed E-state index contributed by atoms with van der Waals surface area (Å²) in [6, 6.07) is 21.9. The van der Waals surface area contributed by atoms with Gasteiger partial charge in [0.05, 0.1) is 12.1 Å². The molecule has 3 rings (SSSR count). The molecular weight excluding hydrogens is 415 g/mol. The topological polar surface area (TPSA) is 35.2 Å². The molecule has 2 nitrogen and oxygen atoms in total. The summed E-state index contributed by atoms with van der Waals surface area (Å²) in [5.74, 6) is -4.04. The van der Waals surface area contributed by atoms with Crippen LogP contribution in [0.1, 0.15) is 33.3 Å². The molecule has 0 amide bonds. The first-order valence-corrected chi connectivity index (χ1v) is 12.1. The summed E-state index contributed by atoms with van der Waals surface area (Å²) >= 11 is 0. The Morgan fingerprint density at radius 2 is 1.19 bits per heavy atom. The van der Waals surface area contributed by atoms with Crippen LogP contribution in [-0.4, -0.2) is 14.9 Å². The molecule has 0 fully saturated rings.